The molecule has 29 heavy (non-hydrogen) atoms. The summed E-state index contributed by atoms with van der Waals surface area (Å²) in [7, 11) is 0. The number of aryl methyl sites for hydroxylation is 2. The molecule has 0 saturated heterocycles. The Kier molecular flexibility index (Phi) is 7.22. The van der Waals surface area contributed by atoms with Crippen LogP contribution in [0.15, 0.2) is 18.2 Å². The highest BCUT2D eigenvalue weighted by atomic mass is 32.1. The van der Waals surface area contributed by atoms with Crippen molar-refractivity contribution in [1.82, 2.24) is 9.88 Å². The van der Waals surface area contributed by atoms with Crippen LogP contribution in [0.5, 0.6) is 0 Å². The number of nitrogens with zero attached hydrogens (tertiary/aromatic N) is 2. The van der Waals surface area contributed by atoms with E-state index in [0.717, 1.165) is 60.5 Å². The second-order valence-corrected chi connectivity index (χ2v) is 8.83. The summed E-state index contributed by atoms with van der Waals surface area (Å²) >= 11 is 1.14. The number of alkyl halides is 3. The molecule has 0 aliphatic heterocycles. The summed E-state index contributed by atoms with van der Waals surface area (Å²) in [6, 6.07) is 6.02. The van der Waals surface area contributed by atoms with Crippen LogP contribution in [-0.4, -0.2) is 23.0 Å². The average Bonchev–Trinajstić information content (AvgIpc) is 3.39. The molecule has 0 spiro atoms. The number of halogens is 3. The first-order valence-electron chi connectivity index (χ1n) is 10.5. The number of nitrogens with one attached hydrogen (secondary N) is 1. The van der Waals surface area contributed by atoms with E-state index in [-0.39, 0.29) is 0 Å². The van der Waals surface area contributed by atoms with E-state index < -0.39 is 11.9 Å². The van der Waals surface area contributed by atoms with Crippen molar-refractivity contribution in [3.8, 4) is 0 Å². The molecule has 7 heteroatoms. The molecule has 3 rings (SSSR count). The topological polar surface area (TPSA) is 28.2 Å². The van der Waals surface area contributed by atoms with Crippen LogP contribution < -0.4 is 5.32 Å². The van der Waals surface area contributed by atoms with Gasteiger partial charge in [-0.25, -0.2) is 4.98 Å². The minimum Gasteiger partial charge on any atom is -0.331 e. The van der Waals surface area contributed by atoms with Crippen LogP contribution in [0, 0.1) is 5.92 Å². The van der Waals surface area contributed by atoms with Crippen molar-refractivity contribution < 1.29 is 13.2 Å². The number of rotatable bonds is 10. The third-order valence-corrected chi connectivity index (χ3v) is 6.27. The molecule has 1 fully saturated rings. The molecule has 1 aliphatic rings. The maximum absolute atomic E-state index is 13.7. The van der Waals surface area contributed by atoms with Gasteiger partial charge < -0.3 is 5.32 Å². The minimum atomic E-state index is -4.44. The summed E-state index contributed by atoms with van der Waals surface area (Å²) in [4.78, 5) is 6.45. The molecule has 160 valence electrons. The zero-order valence-electron chi connectivity index (χ0n) is 17.4. The maximum Gasteiger partial charge on any atom is 0.434 e. The fourth-order valence-electron chi connectivity index (χ4n) is 3.66. The number of hydrogen-bond donors (Lipinski definition) is 1. The van der Waals surface area contributed by atoms with Crippen molar-refractivity contribution in [2.24, 2.45) is 5.92 Å². The van der Waals surface area contributed by atoms with Crippen molar-refractivity contribution in [3.05, 3.63) is 39.9 Å². The van der Waals surface area contributed by atoms with Crippen LogP contribution in [0.25, 0.3) is 0 Å². The van der Waals surface area contributed by atoms with E-state index in [1.807, 2.05) is 18.2 Å². The summed E-state index contributed by atoms with van der Waals surface area (Å²) in [5, 5.41) is 3.55. The molecule has 0 amide bonds. The first-order valence-corrected chi connectivity index (χ1v) is 11.3. The molecule has 1 saturated carbocycles. The van der Waals surface area contributed by atoms with Gasteiger partial charge in [-0.3, -0.25) is 4.90 Å². The van der Waals surface area contributed by atoms with Crippen LogP contribution in [0.4, 0.5) is 24.0 Å². The van der Waals surface area contributed by atoms with Gasteiger partial charge in [-0.05, 0) is 55.7 Å². The van der Waals surface area contributed by atoms with Crippen molar-refractivity contribution >= 4 is 22.2 Å². The molecule has 1 N–H and O–H groups in total. The molecule has 0 bridgehead atoms. The standard InChI is InChI=1S/C22H30F3N3S/c1-4-12-28(13-15-10-11-15)14-18-20(22(23,24)25)27-21(29-18)26-19-16(5-2)8-7-9-17(19)6-3/h7-9,15H,4-6,10-14H2,1-3H3,(H,26,27). The highest BCUT2D eigenvalue weighted by Gasteiger charge is 2.38. The Labute approximate surface area is 175 Å². The zero-order valence-corrected chi connectivity index (χ0v) is 18.2. The highest BCUT2D eigenvalue weighted by molar-refractivity contribution is 7.15. The van der Waals surface area contributed by atoms with Gasteiger partial charge in [0.2, 0.25) is 0 Å². The number of hydrogen-bond acceptors (Lipinski definition) is 4. The molecule has 1 heterocycles. The third kappa shape index (κ3) is 5.72. The molecule has 0 radical (unpaired) electrons. The first-order chi connectivity index (χ1) is 13.9. The van der Waals surface area contributed by atoms with Crippen molar-refractivity contribution in [2.45, 2.75) is 65.6 Å². The second-order valence-electron chi connectivity index (χ2n) is 7.75. The number of aromatic nitrogens is 1. The van der Waals surface area contributed by atoms with E-state index in [9.17, 15) is 13.2 Å². The van der Waals surface area contributed by atoms with Gasteiger partial charge >= 0.3 is 6.18 Å². The van der Waals surface area contributed by atoms with Crippen LogP contribution in [0.2, 0.25) is 0 Å². The summed E-state index contributed by atoms with van der Waals surface area (Å²) < 4.78 is 41.1. The Morgan fingerprint density at radius 2 is 1.79 bits per heavy atom. The second kappa shape index (κ2) is 9.47. The molecule has 2 aromatic rings. The van der Waals surface area contributed by atoms with E-state index in [1.54, 1.807) is 0 Å². The average molecular weight is 426 g/mol. The number of para-hydroxylation sites is 1. The maximum atomic E-state index is 13.7. The molecule has 0 unspecified atom stereocenters. The largest absolute Gasteiger partial charge is 0.434 e. The SMILES string of the molecule is CCCN(Cc1sc(Nc2c(CC)cccc2CC)nc1C(F)(F)F)CC1CC1. The Morgan fingerprint density at radius 1 is 1.14 bits per heavy atom. The summed E-state index contributed by atoms with van der Waals surface area (Å²) in [6.45, 7) is 8.17. The van der Waals surface area contributed by atoms with Crippen molar-refractivity contribution in [2.75, 3.05) is 18.4 Å². The molecule has 1 aliphatic carbocycles. The number of benzene rings is 1. The van der Waals surface area contributed by atoms with Crippen molar-refractivity contribution in [3.63, 3.8) is 0 Å². The predicted octanol–water partition coefficient (Wildman–Crippen LogP) is 6.65. The van der Waals surface area contributed by atoms with E-state index in [0.29, 0.717) is 22.5 Å². The summed E-state index contributed by atoms with van der Waals surface area (Å²) in [5.41, 5.74) is 2.34. The quantitative estimate of drug-likeness (QED) is 0.462. The van der Waals surface area contributed by atoms with Crippen LogP contribution >= 0.6 is 11.3 Å². The lowest BCUT2D eigenvalue weighted by atomic mass is 10.0. The Balaban J connectivity index is 1.89. The lowest BCUT2D eigenvalue weighted by molar-refractivity contribution is -0.141. The van der Waals surface area contributed by atoms with E-state index in [4.69, 9.17) is 0 Å². The van der Waals surface area contributed by atoms with Gasteiger partial charge in [0.15, 0.2) is 10.8 Å². The van der Waals surface area contributed by atoms with Crippen molar-refractivity contribution in [1.29, 1.82) is 0 Å². The minimum absolute atomic E-state index is 0.307. The van der Waals surface area contributed by atoms with Gasteiger partial charge in [-0.2, -0.15) is 13.2 Å². The fourth-order valence-corrected chi connectivity index (χ4v) is 4.69. The third-order valence-electron chi connectivity index (χ3n) is 5.32. The predicted molar refractivity (Wildman–Crippen MR) is 114 cm³/mol. The number of thiazole rings is 1. The molecule has 1 aromatic carbocycles. The monoisotopic (exact) mass is 425 g/mol. The molecule has 3 nitrogen and oxygen atoms in total. The van der Waals surface area contributed by atoms with E-state index in [2.05, 4.69) is 36.0 Å². The normalized spacial score (nSPS) is 14.6. The fraction of sp³-hybridized carbons (Fsp3) is 0.591. The molecule has 0 atom stereocenters. The van der Waals surface area contributed by atoms with E-state index >= 15 is 0 Å². The molecule has 1 aromatic heterocycles. The Bertz CT molecular complexity index is 790. The van der Waals surface area contributed by atoms with E-state index in [1.165, 1.54) is 12.8 Å². The van der Waals surface area contributed by atoms with Crippen LogP contribution in [0.1, 0.15) is 61.7 Å². The van der Waals surface area contributed by atoms with Crippen LogP contribution in [-0.2, 0) is 25.6 Å². The Morgan fingerprint density at radius 3 is 2.31 bits per heavy atom. The van der Waals surface area contributed by atoms with Gasteiger partial charge in [-0.1, -0.05) is 50.3 Å². The lowest BCUT2D eigenvalue weighted by Crippen LogP contribution is -2.27. The summed E-state index contributed by atoms with van der Waals surface area (Å²) in [6.07, 6.45) is 0.492. The van der Waals surface area contributed by atoms with Crippen LogP contribution in [0.3, 0.4) is 0 Å². The van der Waals surface area contributed by atoms with Gasteiger partial charge in [0.25, 0.3) is 0 Å². The summed E-state index contributed by atoms with van der Waals surface area (Å²) in [5.74, 6) is 0.643. The lowest BCUT2D eigenvalue weighted by Gasteiger charge is -2.21. The zero-order chi connectivity index (χ0) is 21.0. The van der Waals surface area contributed by atoms with Gasteiger partial charge in [0.1, 0.15) is 0 Å². The smallest absolute Gasteiger partial charge is 0.331 e. The van der Waals surface area contributed by atoms with Gasteiger partial charge in [0.05, 0.1) is 4.88 Å². The van der Waals surface area contributed by atoms with Gasteiger partial charge in [0, 0.05) is 18.8 Å². The highest BCUT2D eigenvalue weighted by Crippen LogP contribution is 2.39. The molecular formula is C22H30F3N3S. The molecular weight excluding hydrogens is 395 g/mol. The first kappa shape index (κ1) is 22.1. The Hall–Kier alpha value is -1.60. The number of anilines is 2. The van der Waals surface area contributed by atoms with Gasteiger partial charge in [-0.15, -0.1) is 0 Å².